The molecule has 4 rings (SSSR count). The van der Waals surface area contributed by atoms with E-state index in [-0.39, 0.29) is 22.3 Å². The van der Waals surface area contributed by atoms with E-state index in [2.05, 4.69) is 29.8 Å². The van der Waals surface area contributed by atoms with Crippen molar-refractivity contribution < 1.29 is 35.9 Å². The highest BCUT2D eigenvalue weighted by molar-refractivity contribution is 7.85. The van der Waals surface area contributed by atoms with Crippen LogP contribution < -0.4 is 10.2 Å². The number of thiol groups is 1. The fraction of sp³-hybridized carbons (Fsp3) is 0.444. The molecule has 48 heavy (non-hydrogen) atoms. The van der Waals surface area contributed by atoms with Crippen LogP contribution in [-0.4, -0.2) is 69.4 Å². The van der Waals surface area contributed by atoms with Crippen molar-refractivity contribution >= 4 is 43.8 Å². The van der Waals surface area contributed by atoms with E-state index in [0.29, 0.717) is 25.9 Å². The number of hydrogen-bond donors (Lipinski definition) is 4. The zero-order valence-corrected chi connectivity index (χ0v) is 30.1. The Kier molecular flexibility index (Phi) is 11.9. The number of aliphatic hydroxyl groups excluding tert-OH is 1. The number of nitrogens with one attached hydrogen (secondary N) is 1. The lowest BCUT2D eigenvalue weighted by molar-refractivity contribution is -0.438. The summed E-state index contributed by atoms with van der Waals surface area (Å²) in [5.74, 6) is 0.0238. The molecule has 0 fully saturated rings. The van der Waals surface area contributed by atoms with Crippen LogP contribution in [0.25, 0.3) is 0 Å². The Bertz CT molecular complexity index is 1840. The van der Waals surface area contributed by atoms with E-state index in [1.165, 1.54) is 12.1 Å². The molecular formula is C36H48N3O7S2+. The molecule has 0 spiro atoms. The van der Waals surface area contributed by atoms with Gasteiger partial charge in [-0.15, -0.1) is 0 Å². The normalized spacial score (nSPS) is 17.7. The standard InChI is InChI=1S/C36H47N3O7S2/c1-35(2)29-25-27(48(44,45)46)18-20-30(29)38(5)32(35)14-8-6-9-15-33-36(3,4)28-24-26(47(42)43)17-19-31(28)39(33)22-12-7-10-16-34(41)37-21-11-13-23-40/h6,8-9,14-15,17-20,24-25,40,47H,7,10-13,16,21-23H2,1-5H3,(H-,37,41,44,45,46)/p+1. The van der Waals surface area contributed by atoms with Crippen LogP contribution in [0.15, 0.2) is 82.3 Å². The minimum atomic E-state index is -4.32. The number of unbranched alkanes of at least 4 members (excludes halogenated alkanes) is 3. The van der Waals surface area contributed by atoms with Crippen molar-refractivity contribution in [1.29, 1.82) is 0 Å². The van der Waals surface area contributed by atoms with Gasteiger partial charge < -0.3 is 15.3 Å². The molecule has 260 valence electrons. The fourth-order valence-corrected chi connectivity index (χ4v) is 7.57. The van der Waals surface area contributed by atoms with Gasteiger partial charge in [-0.3, -0.25) is 9.35 Å². The number of amides is 1. The molecule has 2 aliphatic heterocycles. The van der Waals surface area contributed by atoms with E-state index in [4.69, 9.17) is 5.11 Å². The zero-order chi connectivity index (χ0) is 35.3. The Balaban J connectivity index is 1.52. The van der Waals surface area contributed by atoms with Crippen molar-refractivity contribution in [2.75, 3.05) is 31.6 Å². The summed E-state index contributed by atoms with van der Waals surface area (Å²) in [6.07, 6.45) is 14.3. The highest BCUT2D eigenvalue weighted by Crippen LogP contribution is 2.47. The monoisotopic (exact) mass is 698 g/mol. The van der Waals surface area contributed by atoms with E-state index in [1.807, 2.05) is 56.2 Å². The third kappa shape index (κ3) is 8.16. The van der Waals surface area contributed by atoms with Crippen LogP contribution in [0.3, 0.4) is 0 Å². The SMILES string of the molecule is CN1/C(=C/C=C/C=C/C2=[N+](CCCCCC(=O)NCCCCO)c3ccc([SH](=O)=O)cc3C2(C)C)C(C)(C)c2cc(S(=O)(=O)O)ccc21. The first kappa shape index (κ1) is 37.2. The lowest BCUT2D eigenvalue weighted by Crippen LogP contribution is -2.28. The Labute approximate surface area is 286 Å². The van der Waals surface area contributed by atoms with Gasteiger partial charge in [0.1, 0.15) is 6.54 Å². The largest absolute Gasteiger partial charge is 0.396 e. The average Bonchev–Trinajstić information content (AvgIpc) is 3.35. The van der Waals surface area contributed by atoms with Gasteiger partial charge in [0.05, 0.1) is 15.2 Å². The molecule has 2 heterocycles. The van der Waals surface area contributed by atoms with E-state index in [1.54, 1.807) is 18.2 Å². The number of benzene rings is 2. The first-order valence-corrected chi connectivity index (χ1v) is 18.9. The summed E-state index contributed by atoms with van der Waals surface area (Å²) < 4.78 is 59.0. The lowest BCUT2D eigenvalue weighted by Gasteiger charge is -2.23. The number of carbonyl (C=O) groups is 1. The van der Waals surface area contributed by atoms with E-state index < -0.39 is 31.7 Å². The van der Waals surface area contributed by atoms with Gasteiger partial charge in [0.2, 0.25) is 11.6 Å². The third-order valence-electron chi connectivity index (χ3n) is 9.31. The first-order chi connectivity index (χ1) is 22.6. The predicted octanol–water partition coefficient (Wildman–Crippen LogP) is 5.15. The second kappa shape index (κ2) is 15.3. The summed E-state index contributed by atoms with van der Waals surface area (Å²) >= 11 is 0. The number of aliphatic hydroxyl groups is 1. The number of likely N-dealkylation sites (N-methyl/N-ethyl adjacent to an activating group) is 1. The molecule has 0 radical (unpaired) electrons. The fourth-order valence-electron chi connectivity index (χ4n) is 6.64. The van der Waals surface area contributed by atoms with E-state index in [0.717, 1.165) is 59.6 Å². The maximum Gasteiger partial charge on any atom is 0.294 e. The molecule has 2 aromatic carbocycles. The molecule has 0 bridgehead atoms. The van der Waals surface area contributed by atoms with Crippen molar-refractivity contribution in [2.24, 2.45) is 0 Å². The second-order valence-electron chi connectivity index (χ2n) is 13.3. The maximum absolute atomic E-state index is 12.1. The van der Waals surface area contributed by atoms with Gasteiger partial charge >= 0.3 is 0 Å². The summed E-state index contributed by atoms with van der Waals surface area (Å²) in [7, 11) is -5.11. The van der Waals surface area contributed by atoms with Crippen LogP contribution in [0, 0.1) is 0 Å². The van der Waals surface area contributed by atoms with Crippen LogP contribution >= 0.6 is 0 Å². The van der Waals surface area contributed by atoms with Gasteiger partial charge in [0.25, 0.3) is 10.1 Å². The summed E-state index contributed by atoms with van der Waals surface area (Å²) in [5.41, 5.74) is 4.66. The van der Waals surface area contributed by atoms with Crippen molar-refractivity contribution in [3.63, 3.8) is 0 Å². The molecule has 10 nitrogen and oxygen atoms in total. The van der Waals surface area contributed by atoms with Crippen molar-refractivity contribution in [1.82, 2.24) is 5.32 Å². The molecule has 2 aromatic rings. The Hall–Kier alpha value is -3.58. The first-order valence-electron chi connectivity index (χ1n) is 16.3. The summed E-state index contributed by atoms with van der Waals surface area (Å²) in [5, 5.41) is 11.8. The Morgan fingerprint density at radius 3 is 2.38 bits per heavy atom. The molecule has 0 saturated carbocycles. The van der Waals surface area contributed by atoms with Crippen LogP contribution in [-0.2, 0) is 36.4 Å². The number of fused-ring (bicyclic) bond motifs is 2. The molecular weight excluding hydrogens is 651 g/mol. The van der Waals surface area contributed by atoms with Gasteiger partial charge in [-0.1, -0.05) is 32.1 Å². The van der Waals surface area contributed by atoms with Crippen LogP contribution in [0.1, 0.15) is 77.3 Å². The van der Waals surface area contributed by atoms with Crippen molar-refractivity contribution in [2.45, 2.75) is 86.8 Å². The molecule has 2 aliphatic rings. The van der Waals surface area contributed by atoms with Crippen LogP contribution in [0.2, 0.25) is 0 Å². The maximum atomic E-state index is 12.1. The molecule has 3 N–H and O–H groups in total. The number of rotatable bonds is 15. The third-order valence-corrected chi connectivity index (χ3v) is 10.9. The van der Waals surface area contributed by atoms with Crippen molar-refractivity contribution in [3.8, 4) is 0 Å². The van der Waals surface area contributed by atoms with Gasteiger partial charge in [0, 0.05) is 67.5 Å². The molecule has 0 atom stereocenters. The number of nitrogens with zero attached hydrogens (tertiary/aromatic N) is 2. The smallest absolute Gasteiger partial charge is 0.294 e. The predicted molar refractivity (Wildman–Crippen MR) is 190 cm³/mol. The van der Waals surface area contributed by atoms with E-state index in [9.17, 15) is 26.2 Å². The Morgan fingerprint density at radius 2 is 1.69 bits per heavy atom. The average molecular weight is 699 g/mol. The molecule has 0 unspecified atom stereocenters. The van der Waals surface area contributed by atoms with Crippen LogP contribution in [0.4, 0.5) is 11.4 Å². The minimum Gasteiger partial charge on any atom is -0.396 e. The van der Waals surface area contributed by atoms with Gasteiger partial charge in [-0.25, -0.2) is 8.42 Å². The summed E-state index contributed by atoms with van der Waals surface area (Å²) in [4.78, 5) is 14.3. The highest BCUT2D eigenvalue weighted by atomic mass is 32.2. The lowest BCUT2D eigenvalue weighted by atomic mass is 9.81. The van der Waals surface area contributed by atoms with Gasteiger partial charge in [0.15, 0.2) is 16.4 Å². The molecule has 0 saturated heterocycles. The molecule has 12 heteroatoms. The molecule has 0 aliphatic carbocycles. The molecule has 0 aromatic heterocycles. The number of anilines is 1. The van der Waals surface area contributed by atoms with Gasteiger partial charge in [-0.05, 0) is 81.5 Å². The number of carbonyl (C=O) groups excluding carboxylic acids is 1. The van der Waals surface area contributed by atoms with Gasteiger partial charge in [-0.2, -0.15) is 13.0 Å². The topological polar surface area (TPSA) is 144 Å². The van der Waals surface area contributed by atoms with Crippen molar-refractivity contribution in [3.05, 3.63) is 83.6 Å². The molecule has 1 amide bonds. The number of hydrogen-bond acceptors (Lipinski definition) is 7. The second-order valence-corrected chi connectivity index (χ2v) is 15.8. The number of allylic oxidation sites excluding steroid dienone is 6. The quantitative estimate of drug-likeness (QED) is 0.0658. The van der Waals surface area contributed by atoms with E-state index >= 15 is 0 Å². The van der Waals surface area contributed by atoms with Crippen LogP contribution in [0.5, 0.6) is 0 Å². The summed E-state index contributed by atoms with van der Waals surface area (Å²) in [6, 6.07) is 9.93. The Morgan fingerprint density at radius 1 is 0.938 bits per heavy atom. The zero-order valence-electron chi connectivity index (χ0n) is 28.4. The summed E-state index contributed by atoms with van der Waals surface area (Å²) in [6.45, 7) is 9.63. The minimum absolute atomic E-state index is 0.0238. The highest BCUT2D eigenvalue weighted by Gasteiger charge is 2.44.